The lowest BCUT2D eigenvalue weighted by atomic mass is 10.1. The molecule has 4 aromatic heterocycles. The highest BCUT2D eigenvalue weighted by atomic mass is 35.5. The molecule has 20 nitrogen and oxygen atoms in total. The number of methoxy groups -OCH3 is 2. The normalized spacial score (nSPS) is 19.7. The molecule has 0 aliphatic carbocycles. The van der Waals surface area contributed by atoms with E-state index in [-0.39, 0.29) is 36.6 Å². The third-order valence-corrected chi connectivity index (χ3v) is 13.1. The second-order valence-electron chi connectivity index (χ2n) is 19.0. The SMILES string of the molecule is COc1nc(Cl)ccc1N1C[C@@H](C)O[C@@H](C)C1.COc1nc(Nc2cc(-c3ccc(OC4CCOCC4)c(C#N)c3)ncn2)ccc1N1C[C@@H](C)O[C@@H](C)C1.N#Cc1cc(-c2cc(N)ncn2)ccc1OC1CCOCC1. The number of morpholine rings is 2. The first-order valence-electron chi connectivity index (χ1n) is 25.7. The van der Waals surface area contributed by atoms with Gasteiger partial charge in [-0.2, -0.15) is 20.5 Å². The van der Waals surface area contributed by atoms with Gasteiger partial charge in [-0.1, -0.05) is 11.6 Å². The van der Waals surface area contributed by atoms with Crippen molar-refractivity contribution in [2.24, 2.45) is 0 Å². The van der Waals surface area contributed by atoms with Crippen LogP contribution >= 0.6 is 11.6 Å². The van der Waals surface area contributed by atoms with Crippen LogP contribution in [0.4, 0.5) is 28.8 Å². The highest BCUT2D eigenvalue weighted by Gasteiger charge is 2.27. The van der Waals surface area contributed by atoms with Gasteiger partial charge in [0, 0.05) is 75.1 Å². The van der Waals surface area contributed by atoms with Gasteiger partial charge in [0.05, 0.1) is 87.6 Å². The maximum Gasteiger partial charge on any atom is 0.239 e. The fourth-order valence-corrected chi connectivity index (χ4v) is 9.53. The Morgan fingerprint density at radius 3 is 1.53 bits per heavy atom. The summed E-state index contributed by atoms with van der Waals surface area (Å²) >= 11 is 5.86. The van der Waals surface area contributed by atoms with Crippen LogP contribution in [0.25, 0.3) is 22.5 Å². The Bertz CT molecular complexity index is 2980. The summed E-state index contributed by atoms with van der Waals surface area (Å²) in [5.41, 5.74) is 11.5. The molecular formula is C56H65ClN12O8. The van der Waals surface area contributed by atoms with E-state index in [1.165, 1.54) is 12.7 Å². The van der Waals surface area contributed by atoms with E-state index < -0.39 is 0 Å². The van der Waals surface area contributed by atoms with Gasteiger partial charge in [0.25, 0.3) is 0 Å². The number of nitrogen functional groups attached to an aromatic ring is 1. The van der Waals surface area contributed by atoms with Gasteiger partial charge < -0.3 is 58.7 Å². The molecule has 0 unspecified atom stereocenters. The zero-order valence-electron chi connectivity index (χ0n) is 44.2. The number of anilines is 5. The Kier molecular flexibility index (Phi) is 19.5. The summed E-state index contributed by atoms with van der Waals surface area (Å²) in [5, 5.41) is 22.8. The van der Waals surface area contributed by atoms with Gasteiger partial charge in [-0.25, -0.2) is 19.9 Å². The number of hydrogen-bond acceptors (Lipinski definition) is 20. The van der Waals surface area contributed by atoms with Crippen LogP contribution in [0, 0.1) is 22.7 Å². The molecule has 0 radical (unpaired) electrons. The van der Waals surface area contributed by atoms with Crippen molar-refractivity contribution in [1.29, 1.82) is 10.5 Å². The fourth-order valence-electron chi connectivity index (χ4n) is 9.39. The van der Waals surface area contributed by atoms with Crippen molar-refractivity contribution in [3.8, 4) is 57.9 Å². The summed E-state index contributed by atoms with van der Waals surface area (Å²) in [6.07, 6.45) is 7.04. The molecule has 4 aliphatic heterocycles. The van der Waals surface area contributed by atoms with Crippen molar-refractivity contribution in [3.63, 3.8) is 0 Å². The zero-order valence-corrected chi connectivity index (χ0v) is 45.0. The van der Waals surface area contributed by atoms with Crippen molar-refractivity contribution in [2.45, 2.75) is 90.0 Å². The van der Waals surface area contributed by atoms with Crippen molar-refractivity contribution < 1.29 is 37.9 Å². The highest BCUT2D eigenvalue weighted by Crippen LogP contribution is 2.34. The van der Waals surface area contributed by atoms with Crippen LogP contribution in [-0.2, 0) is 18.9 Å². The van der Waals surface area contributed by atoms with Gasteiger partial charge in [0.15, 0.2) is 0 Å². The lowest BCUT2D eigenvalue weighted by Crippen LogP contribution is -2.45. The number of nitrogens with one attached hydrogen (secondary N) is 1. The van der Waals surface area contributed by atoms with E-state index in [0.29, 0.717) is 94.8 Å². The summed E-state index contributed by atoms with van der Waals surface area (Å²) in [6, 6.07) is 26.5. The van der Waals surface area contributed by atoms with Gasteiger partial charge in [-0.05, 0) is 88.4 Å². The third-order valence-electron chi connectivity index (χ3n) is 12.9. The second-order valence-corrected chi connectivity index (χ2v) is 19.3. The lowest BCUT2D eigenvalue weighted by molar-refractivity contribution is -0.00563. The molecule has 8 heterocycles. The Morgan fingerprint density at radius 2 is 1.05 bits per heavy atom. The average Bonchev–Trinajstić information content (AvgIpc) is 3.43. The number of hydrogen-bond donors (Lipinski definition) is 2. The van der Waals surface area contributed by atoms with Crippen molar-refractivity contribution in [2.75, 3.05) is 87.7 Å². The smallest absolute Gasteiger partial charge is 0.239 e. The average molecular weight is 1070 g/mol. The number of pyridine rings is 2. The summed E-state index contributed by atoms with van der Waals surface area (Å²) in [4.78, 5) is 30.1. The number of nitrogens with zero attached hydrogens (tertiary/aromatic N) is 10. The molecule has 4 fully saturated rings. The fraction of sp³-hybridized carbons (Fsp3) is 0.429. The van der Waals surface area contributed by atoms with E-state index in [4.69, 9.17) is 55.2 Å². The minimum absolute atomic E-state index is 0.0579. The first-order chi connectivity index (χ1) is 37.4. The van der Waals surface area contributed by atoms with E-state index in [1.807, 2.05) is 48.5 Å². The van der Waals surface area contributed by atoms with Crippen molar-refractivity contribution in [1.82, 2.24) is 29.9 Å². The Balaban J connectivity index is 0.000000169. The van der Waals surface area contributed by atoms with E-state index in [2.05, 4.69) is 84.9 Å². The predicted octanol–water partition coefficient (Wildman–Crippen LogP) is 8.85. The lowest BCUT2D eigenvalue weighted by Gasteiger charge is -2.37. The second kappa shape index (κ2) is 26.9. The number of halogens is 1. The zero-order chi connectivity index (χ0) is 54.3. The maximum atomic E-state index is 9.73. The molecule has 6 aromatic rings. The molecule has 404 valence electrons. The van der Waals surface area contributed by atoms with Crippen LogP contribution in [0.15, 0.2) is 85.5 Å². The molecule has 0 saturated carbocycles. The molecule has 4 saturated heterocycles. The molecule has 10 rings (SSSR count). The largest absolute Gasteiger partial charge is 0.489 e. The molecule has 77 heavy (non-hydrogen) atoms. The monoisotopic (exact) mass is 1070 g/mol. The van der Waals surface area contributed by atoms with E-state index in [9.17, 15) is 10.5 Å². The number of nitriles is 2. The quantitative estimate of drug-likeness (QED) is 0.109. The van der Waals surface area contributed by atoms with Gasteiger partial charge in [-0.15, -0.1) is 0 Å². The standard InChI is InChI=1S/C28H32N6O4.C16H16N4O2.C12H17ClN2O2/c1-18-15-34(16-19(2)37-18)24-5-7-26(33-28(24)35-3)32-27-13-23(30-17-31-27)20-4-6-25(21(12-20)14-29)38-22-8-10-36-11-9-22;17-9-12-7-11(14-8-16(18)20-10-19-14)1-2-15(12)22-13-3-5-21-6-4-13;1-8-6-15(7-9(2)17-8)10-4-5-11(13)14-12(10)16-3/h4-7,12-13,17-19,22H,8-11,15-16H2,1-3H3,(H,30,31,32,33);1-2,7-8,10,13H,3-6H2,(H2,18,19,20);4-5,8-9H,6-7H2,1-3H3/t18-,19+;;8-,9+. The predicted molar refractivity (Wildman–Crippen MR) is 292 cm³/mol. The summed E-state index contributed by atoms with van der Waals surface area (Å²) in [5.74, 6) is 3.85. The third kappa shape index (κ3) is 15.3. The molecule has 2 aromatic carbocycles. The van der Waals surface area contributed by atoms with Gasteiger partial charge in [0.1, 0.15) is 82.5 Å². The Labute approximate surface area is 454 Å². The molecule has 4 aliphatic rings. The molecule has 3 N–H and O–H groups in total. The van der Waals surface area contributed by atoms with Crippen LogP contribution in [0.1, 0.15) is 64.5 Å². The summed E-state index contributed by atoms with van der Waals surface area (Å²) in [7, 11) is 3.23. The minimum atomic E-state index is 0.0579. The molecule has 0 amide bonds. The number of ether oxygens (including phenoxy) is 8. The highest BCUT2D eigenvalue weighted by molar-refractivity contribution is 6.29. The van der Waals surface area contributed by atoms with E-state index in [0.717, 1.165) is 74.4 Å². The molecular weight excluding hydrogens is 1000 g/mol. The van der Waals surface area contributed by atoms with Crippen LogP contribution < -0.4 is 39.8 Å². The van der Waals surface area contributed by atoms with Crippen LogP contribution in [0.2, 0.25) is 5.15 Å². The van der Waals surface area contributed by atoms with Gasteiger partial charge in [0.2, 0.25) is 11.8 Å². The molecule has 4 atom stereocenters. The maximum absolute atomic E-state index is 9.73. The van der Waals surface area contributed by atoms with E-state index >= 15 is 0 Å². The number of benzene rings is 2. The first kappa shape index (κ1) is 55.6. The van der Waals surface area contributed by atoms with Crippen LogP contribution in [0.5, 0.6) is 23.3 Å². The summed E-state index contributed by atoms with van der Waals surface area (Å²) in [6.45, 7) is 14.2. The van der Waals surface area contributed by atoms with Crippen molar-refractivity contribution >= 4 is 40.4 Å². The van der Waals surface area contributed by atoms with E-state index in [1.54, 1.807) is 38.5 Å². The summed E-state index contributed by atoms with van der Waals surface area (Å²) < 4.78 is 45.2. The Hall–Kier alpha value is -7.59. The Morgan fingerprint density at radius 1 is 0.584 bits per heavy atom. The molecule has 21 heteroatoms. The minimum Gasteiger partial charge on any atom is -0.489 e. The molecule has 0 spiro atoms. The first-order valence-corrected chi connectivity index (χ1v) is 26.1. The van der Waals surface area contributed by atoms with Crippen LogP contribution in [0.3, 0.4) is 0 Å². The number of aromatic nitrogens is 6. The number of nitrogens with two attached hydrogens (primary N) is 1. The van der Waals surface area contributed by atoms with Crippen LogP contribution in [-0.4, -0.2) is 133 Å². The molecule has 0 bridgehead atoms. The van der Waals surface area contributed by atoms with Crippen molar-refractivity contribution in [3.05, 3.63) is 102 Å². The number of rotatable bonds is 12. The topological polar surface area (TPSA) is 243 Å². The van der Waals surface area contributed by atoms with Gasteiger partial charge in [-0.3, -0.25) is 0 Å². The van der Waals surface area contributed by atoms with Gasteiger partial charge >= 0.3 is 0 Å².